The van der Waals surface area contributed by atoms with Crippen LogP contribution in [-0.2, 0) is 11.4 Å². The number of ether oxygens (including phenoxy) is 2. The fourth-order valence-electron chi connectivity index (χ4n) is 1.43. The highest BCUT2D eigenvalue weighted by atomic mass is 35.5. The van der Waals surface area contributed by atoms with E-state index in [-0.39, 0.29) is 19.1 Å². The van der Waals surface area contributed by atoms with E-state index in [4.69, 9.17) is 21.1 Å². The highest BCUT2D eigenvalue weighted by Crippen LogP contribution is 2.34. The van der Waals surface area contributed by atoms with Crippen LogP contribution in [0.2, 0.25) is 5.02 Å². The molecule has 104 valence electrons. The zero-order chi connectivity index (χ0) is 14.3. The van der Waals surface area contributed by atoms with Crippen LogP contribution in [0.15, 0.2) is 24.8 Å². The number of hydrogen-bond acceptors (Lipinski definition) is 4. The van der Waals surface area contributed by atoms with Crippen molar-refractivity contribution in [1.29, 1.82) is 0 Å². The van der Waals surface area contributed by atoms with Crippen LogP contribution in [0.1, 0.15) is 5.56 Å². The fourth-order valence-corrected chi connectivity index (χ4v) is 1.66. The highest BCUT2D eigenvalue weighted by Gasteiger charge is 2.13. The normalized spacial score (nSPS) is 9.84. The number of rotatable bonds is 7. The molecule has 0 saturated heterocycles. The lowest BCUT2D eigenvalue weighted by atomic mass is 10.2. The number of hydrogen-bond donors (Lipinski definition) is 2. The van der Waals surface area contributed by atoms with Crippen LogP contribution in [0, 0.1) is 0 Å². The Morgan fingerprint density at radius 2 is 2.32 bits per heavy atom. The zero-order valence-electron chi connectivity index (χ0n) is 10.6. The lowest BCUT2D eigenvalue weighted by molar-refractivity contribution is -0.122. The van der Waals surface area contributed by atoms with Crippen LogP contribution in [0.25, 0.3) is 0 Å². The molecule has 0 radical (unpaired) electrons. The molecule has 0 heterocycles. The Morgan fingerprint density at radius 1 is 1.58 bits per heavy atom. The molecule has 0 saturated carbocycles. The number of methoxy groups -OCH3 is 1. The number of carbonyl (C=O) groups excluding carboxylic acids is 1. The van der Waals surface area contributed by atoms with Crippen LogP contribution in [0.5, 0.6) is 11.5 Å². The first-order chi connectivity index (χ1) is 9.12. The van der Waals surface area contributed by atoms with Crippen molar-refractivity contribution in [3.63, 3.8) is 0 Å². The minimum absolute atomic E-state index is 0.182. The predicted octanol–water partition coefficient (Wildman–Crippen LogP) is 1.52. The van der Waals surface area contributed by atoms with Crippen molar-refractivity contribution in [3.8, 4) is 11.5 Å². The summed E-state index contributed by atoms with van der Waals surface area (Å²) < 4.78 is 10.5. The standard InChI is InChI=1S/C13H16ClNO4/c1-3-4-15-12(17)8-19-13-9(7-16)5-10(14)6-11(13)18-2/h3,5-6,16H,1,4,7-8H2,2H3,(H,15,17). The van der Waals surface area contributed by atoms with Crippen molar-refractivity contribution < 1.29 is 19.4 Å². The Kier molecular flexibility index (Phi) is 6.18. The van der Waals surface area contributed by atoms with Crippen molar-refractivity contribution in [3.05, 3.63) is 35.4 Å². The van der Waals surface area contributed by atoms with Gasteiger partial charge in [0.25, 0.3) is 5.91 Å². The average Bonchev–Trinajstić information content (AvgIpc) is 2.42. The van der Waals surface area contributed by atoms with Gasteiger partial charge in [-0.1, -0.05) is 17.7 Å². The third kappa shape index (κ3) is 4.46. The lowest BCUT2D eigenvalue weighted by Gasteiger charge is -2.14. The van der Waals surface area contributed by atoms with Crippen molar-refractivity contribution in [2.45, 2.75) is 6.61 Å². The third-order valence-electron chi connectivity index (χ3n) is 2.28. The van der Waals surface area contributed by atoms with E-state index >= 15 is 0 Å². The number of nitrogens with one attached hydrogen (secondary N) is 1. The lowest BCUT2D eigenvalue weighted by Crippen LogP contribution is -2.29. The minimum atomic E-state index is -0.291. The Balaban J connectivity index is 2.81. The zero-order valence-corrected chi connectivity index (χ0v) is 11.4. The van der Waals surface area contributed by atoms with Gasteiger partial charge in [-0.2, -0.15) is 0 Å². The number of benzene rings is 1. The summed E-state index contributed by atoms with van der Waals surface area (Å²) in [4.78, 5) is 11.4. The predicted molar refractivity (Wildman–Crippen MR) is 72.6 cm³/mol. The van der Waals surface area contributed by atoms with E-state index in [1.54, 1.807) is 18.2 Å². The van der Waals surface area contributed by atoms with Crippen LogP contribution in [0.3, 0.4) is 0 Å². The maximum Gasteiger partial charge on any atom is 0.258 e. The van der Waals surface area contributed by atoms with Gasteiger partial charge in [0.15, 0.2) is 18.1 Å². The molecule has 0 bridgehead atoms. The van der Waals surface area contributed by atoms with E-state index in [0.717, 1.165) is 0 Å². The largest absolute Gasteiger partial charge is 0.493 e. The molecule has 2 N–H and O–H groups in total. The van der Waals surface area contributed by atoms with E-state index in [2.05, 4.69) is 11.9 Å². The van der Waals surface area contributed by atoms with Crippen molar-refractivity contribution in [1.82, 2.24) is 5.32 Å². The molecule has 1 rings (SSSR count). The number of aliphatic hydroxyl groups excluding tert-OH is 1. The SMILES string of the molecule is C=CCNC(=O)COc1c(CO)cc(Cl)cc1OC. The first-order valence-electron chi connectivity index (χ1n) is 5.60. The van der Waals surface area contributed by atoms with E-state index < -0.39 is 0 Å². The summed E-state index contributed by atoms with van der Waals surface area (Å²) in [6.45, 7) is 3.41. The number of halogens is 1. The summed E-state index contributed by atoms with van der Waals surface area (Å²) in [7, 11) is 1.46. The topological polar surface area (TPSA) is 67.8 Å². The molecular weight excluding hydrogens is 270 g/mol. The molecule has 0 fully saturated rings. The van der Waals surface area contributed by atoms with Gasteiger partial charge >= 0.3 is 0 Å². The Morgan fingerprint density at radius 3 is 2.89 bits per heavy atom. The number of carbonyl (C=O) groups is 1. The third-order valence-corrected chi connectivity index (χ3v) is 2.50. The Labute approximate surface area is 116 Å². The van der Waals surface area contributed by atoms with Crippen molar-refractivity contribution in [2.75, 3.05) is 20.3 Å². The maximum absolute atomic E-state index is 11.4. The summed E-state index contributed by atoms with van der Waals surface area (Å²) >= 11 is 5.87. The second kappa shape index (κ2) is 7.66. The first-order valence-corrected chi connectivity index (χ1v) is 5.97. The summed E-state index contributed by atoms with van der Waals surface area (Å²) in [5.41, 5.74) is 0.459. The summed E-state index contributed by atoms with van der Waals surface area (Å²) in [5.74, 6) is 0.386. The Bertz CT molecular complexity index is 437. The smallest absolute Gasteiger partial charge is 0.258 e. The second-order valence-electron chi connectivity index (χ2n) is 3.64. The van der Waals surface area contributed by atoms with E-state index in [1.807, 2.05) is 0 Å². The van der Waals surface area contributed by atoms with Crippen LogP contribution < -0.4 is 14.8 Å². The van der Waals surface area contributed by atoms with Crippen LogP contribution >= 0.6 is 11.6 Å². The van der Waals surface area contributed by atoms with Gasteiger partial charge in [-0.3, -0.25) is 4.79 Å². The molecule has 0 aromatic heterocycles. The minimum Gasteiger partial charge on any atom is -0.493 e. The quantitative estimate of drug-likeness (QED) is 0.746. The monoisotopic (exact) mass is 285 g/mol. The average molecular weight is 286 g/mol. The van der Waals surface area contributed by atoms with Gasteiger partial charge in [0, 0.05) is 23.2 Å². The molecule has 0 aliphatic rings. The van der Waals surface area contributed by atoms with Gasteiger partial charge in [0.1, 0.15) is 0 Å². The Hall–Kier alpha value is -1.72. The summed E-state index contributed by atoms with van der Waals surface area (Å²) in [6, 6.07) is 3.11. The molecule has 0 aliphatic carbocycles. The maximum atomic E-state index is 11.4. The van der Waals surface area contributed by atoms with E-state index in [0.29, 0.717) is 28.6 Å². The van der Waals surface area contributed by atoms with Crippen LogP contribution in [-0.4, -0.2) is 31.3 Å². The van der Waals surface area contributed by atoms with Gasteiger partial charge in [-0.05, 0) is 6.07 Å². The molecule has 1 amide bonds. The van der Waals surface area contributed by atoms with Gasteiger partial charge in [-0.15, -0.1) is 6.58 Å². The molecular formula is C13H16ClNO4. The van der Waals surface area contributed by atoms with Crippen molar-refractivity contribution in [2.24, 2.45) is 0 Å². The molecule has 0 aliphatic heterocycles. The summed E-state index contributed by atoms with van der Waals surface area (Å²) in [6.07, 6.45) is 1.57. The molecule has 1 aromatic carbocycles. The molecule has 6 heteroatoms. The first kappa shape index (κ1) is 15.3. The van der Waals surface area contributed by atoms with Gasteiger partial charge in [-0.25, -0.2) is 0 Å². The fraction of sp³-hybridized carbons (Fsp3) is 0.308. The molecule has 1 aromatic rings. The summed E-state index contributed by atoms with van der Waals surface area (Å²) in [5, 5.41) is 12.3. The van der Waals surface area contributed by atoms with Gasteiger partial charge < -0.3 is 19.9 Å². The molecule has 19 heavy (non-hydrogen) atoms. The van der Waals surface area contributed by atoms with Gasteiger partial charge in [0.05, 0.1) is 13.7 Å². The molecule has 0 spiro atoms. The molecule has 0 atom stereocenters. The van der Waals surface area contributed by atoms with Crippen LogP contribution in [0.4, 0.5) is 0 Å². The molecule has 5 nitrogen and oxygen atoms in total. The molecule has 0 unspecified atom stereocenters. The number of aliphatic hydroxyl groups is 1. The van der Waals surface area contributed by atoms with Crippen molar-refractivity contribution >= 4 is 17.5 Å². The van der Waals surface area contributed by atoms with E-state index in [1.165, 1.54) is 7.11 Å². The highest BCUT2D eigenvalue weighted by molar-refractivity contribution is 6.30. The van der Waals surface area contributed by atoms with E-state index in [9.17, 15) is 9.90 Å². The number of amides is 1. The second-order valence-corrected chi connectivity index (χ2v) is 4.07. The van der Waals surface area contributed by atoms with Gasteiger partial charge in [0.2, 0.25) is 0 Å².